The zero-order chi connectivity index (χ0) is 22.5. The van der Waals surface area contributed by atoms with Crippen molar-refractivity contribution in [3.8, 4) is 0 Å². The Morgan fingerprint density at radius 3 is 2.84 bits per heavy atom. The van der Waals surface area contributed by atoms with Crippen LogP contribution in [0, 0.1) is 13.8 Å². The number of morpholine rings is 1. The molecule has 0 spiro atoms. The van der Waals surface area contributed by atoms with Gasteiger partial charge in [-0.2, -0.15) is 0 Å². The fourth-order valence-corrected chi connectivity index (χ4v) is 4.59. The Morgan fingerprint density at radius 1 is 1.28 bits per heavy atom. The number of aryl methyl sites for hydroxylation is 2. The van der Waals surface area contributed by atoms with Gasteiger partial charge in [-0.3, -0.25) is 9.69 Å². The van der Waals surface area contributed by atoms with Crippen LogP contribution in [0.4, 0.5) is 0 Å². The van der Waals surface area contributed by atoms with E-state index < -0.39 is 0 Å². The van der Waals surface area contributed by atoms with Gasteiger partial charge in [-0.05, 0) is 61.5 Å². The number of aromatic nitrogens is 1. The lowest BCUT2D eigenvalue weighted by molar-refractivity contribution is 0.0356. The van der Waals surface area contributed by atoms with Crippen molar-refractivity contribution >= 4 is 28.2 Å². The minimum atomic E-state index is -0.0514. The molecular weight excluding hydrogens is 424 g/mol. The van der Waals surface area contributed by atoms with E-state index in [1.165, 1.54) is 5.56 Å². The molecule has 2 fully saturated rings. The van der Waals surface area contributed by atoms with E-state index in [2.05, 4.69) is 39.2 Å². The molecule has 1 aromatic carbocycles. The standard InChI is InChI=1S/C24H34N4O3S/c1-17-5-6-19-14-20(23(29)26-22(19)18(17)2)16-28(8-7-27-9-12-30-13-10-27)24(32)25-15-21-4-3-11-31-21/h5-6,14,21H,3-4,7-13,15-16H2,1-2H3,(H,25,32)(H,26,29). The molecule has 0 radical (unpaired) electrons. The zero-order valence-corrected chi connectivity index (χ0v) is 19.9. The molecule has 1 atom stereocenters. The average molecular weight is 459 g/mol. The highest BCUT2D eigenvalue weighted by atomic mass is 32.1. The molecule has 32 heavy (non-hydrogen) atoms. The van der Waals surface area contributed by atoms with Crippen molar-refractivity contribution in [2.45, 2.75) is 39.3 Å². The van der Waals surface area contributed by atoms with E-state index in [4.69, 9.17) is 21.7 Å². The van der Waals surface area contributed by atoms with E-state index in [1.807, 2.05) is 13.0 Å². The summed E-state index contributed by atoms with van der Waals surface area (Å²) in [5.41, 5.74) is 3.88. The Balaban J connectivity index is 1.50. The number of fused-ring (bicyclic) bond motifs is 1. The summed E-state index contributed by atoms with van der Waals surface area (Å²) in [5, 5.41) is 5.11. The van der Waals surface area contributed by atoms with Crippen molar-refractivity contribution < 1.29 is 9.47 Å². The molecular formula is C24H34N4O3S. The summed E-state index contributed by atoms with van der Waals surface area (Å²) in [6, 6.07) is 6.18. The van der Waals surface area contributed by atoms with E-state index >= 15 is 0 Å². The molecule has 2 aromatic rings. The minimum Gasteiger partial charge on any atom is -0.379 e. The summed E-state index contributed by atoms with van der Waals surface area (Å²) >= 11 is 5.76. The van der Waals surface area contributed by atoms with Crippen molar-refractivity contribution in [3.63, 3.8) is 0 Å². The number of benzene rings is 1. The van der Waals surface area contributed by atoms with E-state index in [0.717, 1.165) is 80.9 Å². The van der Waals surface area contributed by atoms with E-state index in [1.54, 1.807) is 0 Å². The lowest BCUT2D eigenvalue weighted by Crippen LogP contribution is -2.47. The Bertz CT molecular complexity index is 997. The Morgan fingerprint density at radius 2 is 2.09 bits per heavy atom. The summed E-state index contributed by atoms with van der Waals surface area (Å²) in [7, 11) is 0. The lowest BCUT2D eigenvalue weighted by atomic mass is 10.0. The number of H-pyrrole nitrogens is 1. The van der Waals surface area contributed by atoms with Crippen molar-refractivity contribution in [1.29, 1.82) is 0 Å². The van der Waals surface area contributed by atoms with Crippen LogP contribution in [0.1, 0.15) is 29.5 Å². The Hall–Kier alpha value is -2.00. The molecule has 7 nitrogen and oxygen atoms in total. The maximum absolute atomic E-state index is 12.9. The second-order valence-corrected chi connectivity index (χ2v) is 9.18. The molecule has 2 aliphatic rings. The molecule has 1 aromatic heterocycles. The maximum atomic E-state index is 12.9. The first-order chi connectivity index (χ1) is 15.5. The SMILES string of the molecule is Cc1ccc2cc(CN(CCN3CCOCC3)C(=S)NCC3CCCO3)c(=O)[nH]c2c1C. The average Bonchev–Trinajstić information content (AvgIpc) is 3.33. The van der Waals surface area contributed by atoms with Crippen LogP contribution >= 0.6 is 12.2 Å². The number of hydrogen-bond acceptors (Lipinski definition) is 5. The maximum Gasteiger partial charge on any atom is 0.253 e. The van der Waals surface area contributed by atoms with Crippen molar-refractivity contribution in [2.24, 2.45) is 0 Å². The quantitative estimate of drug-likeness (QED) is 0.617. The van der Waals surface area contributed by atoms with Gasteiger partial charge in [0.05, 0.1) is 31.4 Å². The number of nitrogens with one attached hydrogen (secondary N) is 2. The van der Waals surface area contributed by atoms with Gasteiger partial charge in [0.15, 0.2) is 5.11 Å². The molecule has 0 saturated carbocycles. The van der Waals surface area contributed by atoms with Crippen LogP contribution in [0.15, 0.2) is 23.0 Å². The monoisotopic (exact) mass is 458 g/mol. The number of pyridine rings is 1. The van der Waals surface area contributed by atoms with E-state index in [-0.39, 0.29) is 11.7 Å². The molecule has 2 saturated heterocycles. The number of ether oxygens (including phenoxy) is 2. The van der Waals surface area contributed by atoms with Gasteiger partial charge in [-0.1, -0.05) is 12.1 Å². The third kappa shape index (κ3) is 5.67. The molecule has 8 heteroatoms. The molecule has 0 bridgehead atoms. The highest BCUT2D eigenvalue weighted by Crippen LogP contribution is 2.19. The van der Waals surface area contributed by atoms with E-state index in [9.17, 15) is 4.79 Å². The predicted octanol–water partition coefficient (Wildman–Crippen LogP) is 2.33. The summed E-state index contributed by atoms with van der Waals surface area (Å²) in [6.07, 6.45) is 2.38. The van der Waals surface area contributed by atoms with Crippen LogP contribution in [-0.2, 0) is 16.0 Å². The predicted molar refractivity (Wildman–Crippen MR) is 131 cm³/mol. The molecule has 0 amide bonds. The first kappa shape index (κ1) is 23.2. The van der Waals surface area contributed by atoms with Gasteiger partial charge < -0.3 is 24.7 Å². The van der Waals surface area contributed by atoms with Crippen LogP contribution in [-0.4, -0.2) is 78.5 Å². The first-order valence-corrected chi connectivity index (χ1v) is 12.0. The lowest BCUT2D eigenvalue weighted by Gasteiger charge is -2.31. The van der Waals surface area contributed by atoms with Gasteiger partial charge in [-0.25, -0.2) is 0 Å². The van der Waals surface area contributed by atoms with Gasteiger partial charge >= 0.3 is 0 Å². The molecule has 3 heterocycles. The number of rotatable bonds is 7. The molecule has 4 rings (SSSR count). The van der Waals surface area contributed by atoms with Crippen LogP contribution < -0.4 is 10.9 Å². The van der Waals surface area contributed by atoms with Crippen LogP contribution in [0.5, 0.6) is 0 Å². The molecule has 2 aliphatic heterocycles. The molecule has 2 N–H and O–H groups in total. The number of thiocarbonyl (C=S) groups is 1. The van der Waals surface area contributed by atoms with Crippen LogP contribution in [0.3, 0.4) is 0 Å². The topological polar surface area (TPSA) is 69.8 Å². The van der Waals surface area contributed by atoms with Crippen molar-refractivity contribution in [1.82, 2.24) is 20.1 Å². The molecule has 174 valence electrons. The van der Waals surface area contributed by atoms with E-state index in [0.29, 0.717) is 18.2 Å². The summed E-state index contributed by atoms with van der Waals surface area (Å²) in [6.45, 7) is 11.1. The number of aromatic amines is 1. The fourth-order valence-electron chi connectivity index (χ4n) is 4.35. The number of hydrogen-bond donors (Lipinski definition) is 2. The summed E-state index contributed by atoms with van der Waals surface area (Å²) in [5.74, 6) is 0. The molecule has 1 unspecified atom stereocenters. The largest absolute Gasteiger partial charge is 0.379 e. The number of nitrogens with zero attached hydrogens (tertiary/aromatic N) is 2. The first-order valence-electron chi connectivity index (χ1n) is 11.6. The third-order valence-electron chi connectivity index (χ3n) is 6.57. The second kappa shape index (κ2) is 10.7. The smallest absolute Gasteiger partial charge is 0.253 e. The van der Waals surface area contributed by atoms with Gasteiger partial charge in [0.25, 0.3) is 5.56 Å². The third-order valence-corrected chi connectivity index (χ3v) is 6.97. The fraction of sp³-hybridized carbons (Fsp3) is 0.583. The van der Waals surface area contributed by atoms with Gasteiger partial charge in [0, 0.05) is 44.9 Å². The Labute approximate surface area is 195 Å². The summed E-state index contributed by atoms with van der Waals surface area (Å²) in [4.78, 5) is 20.5. The second-order valence-electron chi connectivity index (χ2n) is 8.79. The normalized spacial score (nSPS) is 19.4. The van der Waals surface area contributed by atoms with Crippen LogP contribution in [0.2, 0.25) is 0 Å². The van der Waals surface area contributed by atoms with Crippen molar-refractivity contribution in [3.05, 3.63) is 45.2 Å². The van der Waals surface area contributed by atoms with Gasteiger partial charge in [0.1, 0.15) is 0 Å². The highest BCUT2D eigenvalue weighted by molar-refractivity contribution is 7.80. The highest BCUT2D eigenvalue weighted by Gasteiger charge is 2.20. The van der Waals surface area contributed by atoms with Gasteiger partial charge in [0.2, 0.25) is 0 Å². The van der Waals surface area contributed by atoms with Crippen molar-refractivity contribution in [2.75, 3.05) is 52.5 Å². The minimum absolute atomic E-state index is 0.0514. The zero-order valence-electron chi connectivity index (χ0n) is 19.1. The van der Waals surface area contributed by atoms with Crippen LogP contribution in [0.25, 0.3) is 10.9 Å². The summed E-state index contributed by atoms with van der Waals surface area (Å²) < 4.78 is 11.2. The van der Waals surface area contributed by atoms with Gasteiger partial charge in [-0.15, -0.1) is 0 Å². The molecule has 0 aliphatic carbocycles. The Kier molecular flexibility index (Phi) is 7.78.